The van der Waals surface area contributed by atoms with Gasteiger partial charge < -0.3 is 15.2 Å². The summed E-state index contributed by atoms with van der Waals surface area (Å²) in [4.78, 5) is 29.1. The average Bonchev–Trinajstić information content (AvgIpc) is 3.05. The van der Waals surface area contributed by atoms with Gasteiger partial charge in [0.05, 0.1) is 18.2 Å². The van der Waals surface area contributed by atoms with Crippen LogP contribution in [-0.2, 0) is 22.6 Å². The van der Waals surface area contributed by atoms with Crippen LogP contribution in [0.5, 0.6) is 0 Å². The van der Waals surface area contributed by atoms with Gasteiger partial charge in [0.2, 0.25) is 0 Å². The molecule has 3 rings (SSSR count). The van der Waals surface area contributed by atoms with Gasteiger partial charge in [0.1, 0.15) is 9.88 Å². The smallest absolute Gasteiger partial charge is 0.308 e. The molecule has 7 heteroatoms. The molecule has 0 aliphatic heterocycles. The van der Waals surface area contributed by atoms with Gasteiger partial charge in [-0.25, -0.2) is 4.98 Å². The number of hydrogen-bond acceptors (Lipinski definition) is 5. The number of aryl methyl sites for hydroxylation is 1. The Labute approximate surface area is 167 Å². The molecule has 0 fully saturated rings. The molecule has 1 unspecified atom stereocenters. The number of fused-ring (bicyclic) bond motifs is 1. The largest absolute Gasteiger partial charge is 0.481 e. The van der Waals surface area contributed by atoms with Gasteiger partial charge in [0, 0.05) is 13.7 Å². The van der Waals surface area contributed by atoms with Gasteiger partial charge in [-0.05, 0) is 29.7 Å². The van der Waals surface area contributed by atoms with Crippen molar-refractivity contribution in [1.82, 2.24) is 10.3 Å². The first-order valence-electron chi connectivity index (χ1n) is 8.92. The number of aromatic nitrogens is 1. The summed E-state index contributed by atoms with van der Waals surface area (Å²) in [7, 11) is 1.57. The molecule has 0 aliphatic rings. The molecule has 1 aromatic heterocycles. The third-order valence-electron chi connectivity index (χ3n) is 4.52. The number of carboxylic acid groups (broad SMARTS) is 1. The highest BCUT2D eigenvalue weighted by atomic mass is 32.1. The van der Waals surface area contributed by atoms with Crippen molar-refractivity contribution in [2.75, 3.05) is 13.7 Å². The molecular weight excluding hydrogens is 376 g/mol. The predicted molar refractivity (Wildman–Crippen MR) is 109 cm³/mol. The zero-order valence-corrected chi connectivity index (χ0v) is 16.6. The molecular formula is C21H22N2O4S. The summed E-state index contributed by atoms with van der Waals surface area (Å²) < 4.78 is 5.05. The molecule has 2 aromatic carbocycles. The molecule has 0 spiro atoms. The van der Waals surface area contributed by atoms with Gasteiger partial charge in [-0.3, -0.25) is 9.59 Å². The molecule has 28 heavy (non-hydrogen) atoms. The van der Waals surface area contributed by atoms with E-state index in [1.807, 2.05) is 42.5 Å². The summed E-state index contributed by atoms with van der Waals surface area (Å²) in [5, 5.41) is 15.2. The fourth-order valence-corrected chi connectivity index (χ4v) is 4.08. The molecule has 0 radical (unpaired) electrons. The molecule has 146 valence electrons. The molecule has 0 bridgehead atoms. The standard InChI is InChI=1S/C21H22N2O4S/c1-13-19(28-18(23-13)12-27-2)20(24)22-11-16(21(25)26)10-15-8-5-7-14-6-3-4-9-17(14)15/h3-9,16H,10-12H2,1-2H3,(H,22,24)(H,25,26). The van der Waals surface area contributed by atoms with Crippen molar-refractivity contribution in [3.63, 3.8) is 0 Å². The number of benzene rings is 2. The molecule has 1 atom stereocenters. The monoisotopic (exact) mass is 398 g/mol. The topological polar surface area (TPSA) is 88.5 Å². The molecule has 1 amide bonds. The van der Waals surface area contributed by atoms with Gasteiger partial charge in [-0.1, -0.05) is 42.5 Å². The first kappa shape index (κ1) is 20.0. The lowest BCUT2D eigenvalue weighted by Gasteiger charge is -2.15. The highest BCUT2D eigenvalue weighted by Gasteiger charge is 2.22. The third kappa shape index (κ3) is 4.55. The molecule has 0 aliphatic carbocycles. The Bertz CT molecular complexity index is 994. The van der Waals surface area contributed by atoms with Crippen LogP contribution in [0.15, 0.2) is 42.5 Å². The maximum absolute atomic E-state index is 12.5. The van der Waals surface area contributed by atoms with E-state index < -0.39 is 11.9 Å². The Hall–Kier alpha value is -2.77. The molecule has 3 aromatic rings. The number of carboxylic acids is 1. The van der Waals surface area contributed by atoms with Crippen molar-refractivity contribution in [1.29, 1.82) is 0 Å². The lowest BCUT2D eigenvalue weighted by molar-refractivity contribution is -0.141. The fourth-order valence-electron chi connectivity index (χ4n) is 3.13. The van der Waals surface area contributed by atoms with Crippen molar-refractivity contribution >= 4 is 34.0 Å². The number of thiazole rings is 1. The van der Waals surface area contributed by atoms with Crippen molar-refractivity contribution < 1.29 is 19.4 Å². The Morgan fingerprint density at radius 3 is 2.71 bits per heavy atom. The Balaban J connectivity index is 1.71. The zero-order valence-electron chi connectivity index (χ0n) is 15.8. The summed E-state index contributed by atoms with van der Waals surface area (Å²) in [5.41, 5.74) is 1.58. The van der Waals surface area contributed by atoms with Crippen LogP contribution in [0.1, 0.15) is 25.9 Å². The number of rotatable bonds is 8. The highest BCUT2D eigenvalue weighted by Crippen LogP contribution is 2.22. The van der Waals surface area contributed by atoms with E-state index in [-0.39, 0.29) is 12.5 Å². The normalized spacial score (nSPS) is 12.1. The molecule has 2 N–H and O–H groups in total. The highest BCUT2D eigenvalue weighted by molar-refractivity contribution is 7.13. The Morgan fingerprint density at radius 2 is 1.96 bits per heavy atom. The van der Waals surface area contributed by atoms with E-state index in [0.717, 1.165) is 21.3 Å². The summed E-state index contributed by atoms with van der Waals surface area (Å²) >= 11 is 1.26. The third-order valence-corrected chi connectivity index (χ3v) is 5.65. The van der Waals surface area contributed by atoms with Gasteiger partial charge in [0.15, 0.2) is 0 Å². The van der Waals surface area contributed by atoms with E-state index in [2.05, 4.69) is 10.3 Å². The Morgan fingerprint density at radius 1 is 1.21 bits per heavy atom. The van der Waals surface area contributed by atoms with Crippen molar-refractivity contribution in [3.8, 4) is 0 Å². The van der Waals surface area contributed by atoms with Crippen molar-refractivity contribution in [2.45, 2.75) is 20.0 Å². The van der Waals surface area contributed by atoms with Crippen LogP contribution < -0.4 is 5.32 Å². The van der Waals surface area contributed by atoms with Gasteiger partial charge in [-0.2, -0.15) is 0 Å². The fraction of sp³-hybridized carbons (Fsp3) is 0.286. The minimum atomic E-state index is -0.936. The van der Waals surface area contributed by atoms with Crippen LogP contribution in [0.2, 0.25) is 0 Å². The number of carbonyl (C=O) groups excluding carboxylic acids is 1. The second kappa shape index (κ2) is 8.95. The SMILES string of the molecule is COCc1nc(C)c(C(=O)NCC(Cc2cccc3ccccc23)C(=O)O)s1. The van der Waals surface area contributed by atoms with E-state index in [0.29, 0.717) is 23.6 Å². The van der Waals surface area contributed by atoms with Crippen LogP contribution >= 0.6 is 11.3 Å². The minimum Gasteiger partial charge on any atom is -0.481 e. The number of carbonyl (C=O) groups is 2. The van der Waals surface area contributed by atoms with E-state index in [1.54, 1.807) is 14.0 Å². The summed E-state index contributed by atoms with van der Waals surface area (Å²) in [6, 6.07) is 13.7. The number of amides is 1. The van der Waals surface area contributed by atoms with E-state index >= 15 is 0 Å². The summed E-state index contributed by atoms with van der Waals surface area (Å²) in [6.45, 7) is 2.15. The second-order valence-corrected chi connectivity index (χ2v) is 7.63. The molecule has 0 saturated carbocycles. The predicted octanol–water partition coefficient (Wildman–Crippen LogP) is 3.42. The van der Waals surface area contributed by atoms with Gasteiger partial charge in [0.25, 0.3) is 5.91 Å². The Kier molecular flexibility index (Phi) is 6.38. The summed E-state index contributed by atoms with van der Waals surface area (Å²) in [6.07, 6.45) is 0.341. The number of nitrogens with one attached hydrogen (secondary N) is 1. The van der Waals surface area contributed by atoms with Crippen LogP contribution in [-0.4, -0.2) is 35.6 Å². The van der Waals surface area contributed by atoms with Crippen LogP contribution in [0, 0.1) is 12.8 Å². The van der Waals surface area contributed by atoms with Gasteiger partial charge in [-0.15, -0.1) is 11.3 Å². The number of hydrogen-bond donors (Lipinski definition) is 2. The van der Waals surface area contributed by atoms with Crippen LogP contribution in [0.3, 0.4) is 0 Å². The zero-order chi connectivity index (χ0) is 20.1. The van der Waals surface area contributed by atoms with Crippen molar-refractivity contribution in [2.24, 2.45) is 5.92 Å². The van der Waals surface area contributed by atoms with Crippen LogP contribution in [0.25, 0.3) is 10.8 Å². The lowest BCUT2D eigenvalue weighted by atomic mass is 9.95. The second-order valence-electron chi connectivity index (χ2n) is 6.54. The maximum Gasteiger partial charge on any atom is 0.308 e. The lowest BCUT2D eigenvalue weighted by Crippen LogP contribution is -2.34. The first-order chi connectivity index (χ1) is 13.5. The molecule has 1 heterocycles. The maximum atomic E-state index is 12.5. The van der Waals surface area contributed by atoms with E-state index in [9.17, 15) is 14.7 Å². The minimum absolute atomic E-state index is 0.0499. The first-order valence-corrected chi connectivity index (χ1v) is 9.74. The van der Waals surface area contributed by atoms with Crippen LogP contribution in [0.4, 0.5) is 0 Å². The number of aliphatic carboxylic acids is 1. The van der Waals surface area contributed by atoms with Crippen molar-refractivity contribution in [3.05, 3.63) is 63.6 Å². The number of ether oxygens (including phenoxy) is 1. The summed E-state index contributed by atoms with van der Waals surface area (Å²) in [5.74, 6) is -1.96. The quantitative estimate of drug-likeness (QED) is 0.607. The number of methoxy groups -OCH3 is 1. The molecule has 0 saturated heterocycles. The van der Waals surface area contributed by atoms with E-state index in [4.69, 9.17) is 4.74 Å². The number of nitrogens with zero attached hydrogens (tertiary/aromatic N) is 1. The average molecular weight is 398 g/mol. The molecule has 6 nitrogen and oxygen atoms in total. The van der Waals surface area contributed by atoms with Gasteiger partial charge >= 0.3 is 5.97 Å². The van der Waals surface area contributed by atoms with E-state index in [1.165, 1.54) is 11.3 Å².